The SMILES string of the molecule is C[C@@H]1CCc2nc(NC(=O)N[C@H]3C[C@H]4CC[C@H]3O4)sc2C1. The number of rotatable bonds is 2. The lowest BCUT2D eigenvalue weighted by Gasteiger charge is -2.19. The third kappa shape index (κ3) is 2.66. The van der Waals surface area contributed by atoms with Crippen molar-refractivity contribution < 1.29 is 9.53 Å². The van der Waals surface area contributed by atoms with Crippen molar-refractivity contribution in [1.82, 2.24) is 10.3 Å². The summed E-state index contributed by atoms with van der Waals surface area (Å²) in [4.78, 5) is 18.0. The topological polar surface area (TPSA) is 63.2 Å². The van der Waals surface area contributed by atoms with Crippen LogP contribution >= 0.6 is 11.3 Å². The Balaban J connectivity index is 1.36. The van der Waals surface area contributed by atoms with Crippen LogP contribution in [0, 0.1) is 5.92 Å². The Bertz CT molecular complexity index is 559. The fraction of sp³-hybridized carbons (Fsp3) is 0.733. The van der Waals surface area contributed by atoms with Crippen LogP contribution in [0.4, 0.5) is 9.93 Å². The monoisotopic (exact) mass is 307 g/mol. The molecule has 2 aliphatic heterocycles. The van der Waals surface area contributed by atoms with Crippen LogP contribution in [0.3, 0.4) is 0 Å². The van der Waals surface area contributed by atoms with Crippen LogP contribution in [0.25, 0.3) is 0 Å². The number of hydrogen-bond donors (Lipinski definition) is 2. The maximum Gasteiger partial charge on any atom is 0.321 e. The van der Waals surface area contributed by atoms with E-state index in [1.807, 2.05) is 0 Å². The van der Waals surface area contributed by atoms with Crippen LogP contribution < -0.4 is 10.6 Å². The molecule has 114 valence electrons. The number of anilines is 1. The van der Waals surface area contributed by atoms with Gasteiger partial charge in [0, 0.05) is 4.88 Å². The molecule has 3 heterocycles. The number of carbonyl (C=O) groups is 1. The molecule has 0 unspecified atom stereocenters. The number of aryl methyl sites for hydroxylation is 1. The number of nitrogens with zero attached hydrogens (tertiary/aromatic N) is 1. The molecule has 21 heavy (non-hydrogen) atoms. The number of hydrogen-bond acceptors (Lipinski definition) is 4. The van der Waals surface area contributed by atoms with Crippen LogP contribution in [0.1, 0.15) is 43.2 Å². The van der Waals surface area contributed by atoms with Crippen LogP contribution in [0.2, 0.25) is 0 Å². The minimum atomic E-state index is -0.143. The number of fused-ring (bicyclic) bond motifs is 3. The Morgan fingerprint density at radius 3 is 3.05 bits per heavy atom. The number of thiazole rings is 1. The predicted octanol–water partition coefficient (Wildman–Crippen LogP) is 2.71. The van der Waals surface area contributed by atoms with Crippen LogP contribution in [0.5, 0.6) is 0 Å². The lowest BCUT2D eigenvalue weighted by Crippen LogP contribution is -2.43. The summed E-state index contributed by atoms with van der Waals surface area (Å²) in [6.45, 7) is 2.28. The van der Waals surface area contributed by atoms with Gasteiger partial charge >= 0.3 is 6.03 Å². The van der Waals surface area contributed by atoms with E-state index < -0.39 is 0 Å². The van der Waals surface area contributed by atoms with Gasteiger partial charge in [0.2, 0.25) is 0 Å². The maximum atomic E-state index is 12.1. The minimum absolute atomic E-state index is 0.143. The zero-order valence-electron chi connectivity index (χ0n) is 12.2. The van der Waals surface area contributed by atoms with E-state index in [1.54, 1.807) is 11.3 Å². The first-order valence-electron chi connectivity index (χ1n) is 7.89. The second-order valence-electron chi connectivity index (χ2n) is 6.55. The molecule has 4 rings (SSSR count). The molecule has 0 spiro atoms. The summed E-state index contributed by atoms with van der Waals surface area (Å²) in [5.41, 5.74) is 1.18. The van der Waals surface area contributed by atoms with Gasteiger partial charge in [-0.1, -0.05) is 6.92 Å². The highest BCUT2D eigenvalue weighted by atomic mass is 32.1. The molecule has 1 aliphatic carbocycles. The summed E-state index contributed by atoms with van der Waals surface area (Å²) in [6.07, 6.45) is 7.06. The van der Waals surface area contributed by atoms with E-state index in [1.165, 1.54) is 17.0 Å². The second-order valence-corrected chi connectivity index (χ2v) is 7.64. The molecule has 1 aromatic heterocycles. The van der Waals surface area contributed by atoms with Gasteiger partial charge in [0.15, 0.2) is 5.13 Å². The van der Waals surface area contributed by atoms with Crippen molar-refractivity contribution in [1.29, 1.82) is 0 Å². The molecule has 2 bridgehead atoms. The summed E-state index contributed by atoms with van der Waals surface area (Å²) in [6, 6.07) is 0.0219. The van der Waals surface area contributed by atoms with Gasteiger partial charge in [-0.25, -0.2) is 9.78 Å². The highest BCUT2D eigenvalue weighted by Crippen LogP contribution is 2.35. The third-order valence-corrected chi connectivity index (χ3v) is 5.86. The average molecular weight is 307 g/mol. The zero-order chi connectivity index (χ0) is 14.4. The van der Waals surface area contributed by atoms with Crippen molar-refractivity contribution in [3.63, 3.8) is 0 Å². The summed E-state index contributed by atoms with van der Waals surface area (Å²) in [5, 5.41) is 6.67. The van der Waals surface area contributed by atoms with Gasteiger partial charge in [-0.15, -0.1) is 11.3 Å². The van der Waals surface area contributed by atoms with Crippen molar-refractivity contribution in [3.05, 3.63) is 10.6 Å². The van der Waals surface area contributed by atoms with Crippen molar-refractivity contribution in [2.75, 3.05) is 5.32 Å². The normalized spacial score (nSPS) is 33.8. The molecule has 3 aliphatic rings. The van der Waals surface area contributed by atoms with Gasteiger partial charge in [-0.05, 0) is 44.4 Å². The molecule has 6 heteroatoms. The first-order chi connectivity index (χ1) is 10.2. The van der Waals surface area contributed by atoms with E-state index in [-0.39, 0.29) is 18.2 Å². The summed E-state index contributed by atoms with van der Waals surface area (Å²) < 4.78 is 5.76. The second kappa shape index (κ2) is 5.25. The average Bonchev–Trinajstić information content (AvgIpc) is 3.12. The van der Waals surface area contributed by atoms with Crippen LogP contribution in [-0.4, -0.2) is 29.3 Å². The quantitative estimate of drug-likeness (QED) is 0.883. The molecule has 2 N–H and O–H groups in total. The van der Waals surface area contributed by atoms with Crippen molar-refractivity contribution in [2.24, 2.45) is 5.92 Å². The Morgan fingerprint density at radius 2 is 2.29 bits per heavy atom. The molecule has 0 saturated carbocycles. The molecule has 2 amide bonds. The van der Waals surface area contributed by atoms with Gasteiger partial charge in [0.25, 0.3) is 0 Å². The molecule has 0 radical (unpaired) electrons. The molecule has 2 saturated heterocycles. The molecule has 4 atom stereocenters. The van der Waals surface area contributed by atoms with E-state index in [0.29, 0.717) is 6.10 Å². The molecular weight excluding hydrogens is 286 g/mol. The Hall–Kier alpha value is -1.14. The Labute approximate surface area is 128 Å². The molecule has 1 aromatic rings. The molecule has 2 fully saturated rings. The number of aromatic nitrogens is 1. The first kappa shape index (κ1) is 13.5. The summed E-state index contributed by atoms with van der Waals surface area (Å²) in [7, 11) is 0. The zero-order valence-corrected chi connectivity index (χ0v) is 13.0. The smallest absolute Gasteiger partial charge is 0.321 e. The van der Waals surface area contributed by atoms with Crippen molar-refractivity contribution in [3.8, 4) is 0 Å². The minimum Gasteiger partial charge on any atom is -0.373 e. The largest absolute Gasteiger partial charge is 0.373 e. The highest BCUT2D eigenvalue weighted by molar-refractivity contribution is 7.15. The van der Waals surface area contributed by atoms with Crippen molar-refractivity contribution in [2.45, 2.75) is 63.7 Å². The van der Waals surface area contributed by atoms with E-state index in [4.69, 9.17) is 4.74 Å². The van der Waals surface area contributed by atoms with Gasteiger partial charge in [0.05, 0.1) is 23.9 Å². The molecule has 0 aromatic carbocycles. The number of carbonyl (C=O) groups excluding carboxylic acids is 1. The van der Waals surface area contributed by atoms with Crippen LogP contribution in [-0.2, 0) is 17.6 Å². The maximum absolute atomic E-state index is 12.1. The molecular formula is C15H21N3O2S. The van der Waals surface area contributed by atoms with E-state index in [9.17, 15) is 4.79 Å². The van der Waals surface area contributed by atoms with Crippen molar-refractivity contribution >= 4 is 22.5 Å². The number of urea groups is 1. The third-order valence-electron chi connectivity index (χ3n) is 4.83. The van der Waals surface area contributed by atoms with E-state index in [2.05, 4.69) is 22.5 Å². The summed E-state index contributed by atoms with van der Waals surface area (Å²) in [5.74, 6) is 0.728. The fourth-order valence-electron chi connectivity index (χ4n) is 3.68. The number of nitrogens with one attached hydrogen (secondary N) is 2. The standard InChI is InChI=1S/C15H21N3O2S/c1-8-2-4-10-13(6-8)21-15(17-10)18-14(19)16-11-7-9-3-5-12(11)20-9/h8-9,11-12H,2-7H2,1H3,(H2,16,17,18,19)/t8-,9-,11+,12-/m1/s1. The van der Waals surface area contributed by atoms with E-state index >= 15 is 0 Å². The van der Waals surface area contributed by atoms with Crippen LogP contribution in [0.15, 0.2) is 0 Å². The highest BCUT2D eigenvalue weighted by Gasteiger charge is 2.41. The van der Waals surface area contributed by atoms with Gasteiger partial charge in [-0.3, -0.25) is 5.32 Å². The predicted molar refractivity (Wildman–Crippen MR) is 81.8 cm³/mol. The van der Waals surface area contributed by atoms with Gasteiger partial charge < -0.3 is 10.1 Å². The Kier molecular flexibility index (Phi) is 3.38. The first-order valence-corrected chi connectivity index (χ1v) is 8.70. The van der Waals surface area contributed by atoms with E-state index in [0.717, 1.165) is 43.2 Å². The summed E-state index contributed by atoms with van der Waals surface area (Å²) >= 11 is 1.63. The number of amides is 2. The molecule has 5 nitrogen and oxygen atoms in total. The van der Waals surface area contributed by atoms with Gasteiger partial charge in [-0.2, -0.15) is 0 Å². The Morgan fingerprint density at radius 1 is 1.38 bits per heavy atom. The number of ether oxygens (including phenoxy) is 1. The fourth-order valence-corrected chi connectivity index (χ4v) is 4.85. The van der Waals surface area contributed by atoms with Gasteiger partial charge in [0.1, 0.15) is 0 Å². The lowest BCUT2D eigenvalue weighted by molar-refractivity contribution is 0.0984. The lowest BCUT2D eigenvalue weighted by atomic mass is 9.93.